The molecule has 0 radical (unpaired) electrons. The minimum atomic E-state index is -0.953. The van der Waals surface area contributed by atoms with Crippen LogP contribution in [0.2, 0.25) is 0 Å². The molecule has 0 aliphatic carbocycles. The van der Waals surface area contributed by atoms with Crippen LogP contribution >= 0.6 is 15.9 Å². The van der Waals surface area contributed by atoms with Crippen molar-refractivity contribution in [1.82, 2.24) is 10.3 Å². The van der Waals surface area contributed by atoms with Crippen molar-refractivity contribution in [1.29, 1.82) is 0 Å². The van der Waals surface area contributed by atoms with E-state index in [2.05, 4.69) is 31.5 Å². The van der Waals surface area contributed by atoms with Gasteiger partial charge in [0.2, 0.25) is 0 Å². The molecule has 3 N–H and O–H groups in total. The molecule has 1 rings (SSSR count). The van der Waals surface area contributed by atoms with Crippen LogP contribution in [0.15, 0.2) is 16.7 Å². The van der Waals surface area contributed by atoms with Crippen LogP contribution in [0.5, 0.6) is 0 Å². The Morgan fingerprint density at radius 3 is 2.88 bits per heavy atom. The third-order valence-corrected chi connectivity index (χ3v) is 2.36. The van der Waals surface area contributed by atoms with Gasteiger partial charge in [0.1, 0.15) is 0 Å². The molecule has 7 heteroatoms. The lowest BCUT2D eigenvalue weighted by Crippen LogP contribution is -2.30. The number of anilines is 1. The largest absolute Gasteiger partial charge is 0.481 e. The molecule has 1 heterocycles. The van der Waals surface area contributed by atoms with E-state index in [1.165, 1.54) is 0 Å². The van der Waals surface area contributed by atoms with Crippen molar-refractivity contribution in [2.45, 2.75) is 13.3 Å². The number of urea groups is 1. The van der Waals surface area contributed by atoms with Gasteiger partial charge in [-0.15, -0.1) is 0 Å². The topological polar surface area (TPSA) is 91.3 Å². The van der Waals surface area contributed by atoms with E-state index in [9.17, 15) is 9.59 Å². The third-order valence-electron chi connectivity index (χ3n) is 1.93. The Balaban J connectivity index is 2.50. The molecule has 0 aromatic carbocycles. The van der Waals surface area contributed by atoms with Gasteiger partial charge < -0.3 is 15.7 Å². The van der Waals surface area contributed by atoms with E-state index in [4.69, 9.17) is 5.11 Å². The second-order valence-corrected chi connectivity index (χ2v) is 4.23. The van der Waals surface area contributed by atoms with Crippen LogP contribution in [0.3, 0.4) is 0 Å². The summed E-state index contributed by atoms with van der Waals surface area (Å²) < 4.78 is 0.754. The fraction of sp³-hybridized carbons (Fsp3) is 0.300. The SMILES string of the molecule is Cc1ncc(Br)cc1NC(=O)NCCC(=O)O. The van der Waals surface area contributed by atoms with Gasteiger partial charge in [-0.2, -0.15) is 0 Å². The predicted molar refractivity (Wildman–Crippen MR) is 65.9 cm³/mol. The van der Waals surface area contributed by atoms with Gasteiger partial charge in [0.05, 0.1) is 17.8 Å². The number of rotatable bonds is 4. The summed E-state index contributed by atoms with van der Waals surface area (Å²) in [5.74, 6) is -0.953. The van der Waals surface area contributed by atoms with Crippen LogP contribution in [0.25, 0.3) is 0 Å². The maximum atomic E-state index is 11.4. The molecule has 0 aliphatic rings. The van der Waals surface area contributed by atoms with Gasteiger partial charge in [-0.25, -0.2) is 4.79 Å². The zero-order valence-electron chi connectivity index (χ0n) is 9.16. The van der Waals surface area contributed by atoms with Gasteiger partial charge in [-0.1, -0.05) is 0 Å². The molecule has 0 aliphatic heterocycles. The Hall–Kier alpha value is -1.63. The minimum absolute atomic E-state index is 0.0850. The van der Waals surface area contributed by atoms with Crippen molar-refractivity contribution in [2.24, 2.45) is 0 Å². The summed E-state index contributed by atoms with van der Waals surface area (Å²) in [7, 11) is 0. The number of nitrogens with one attached hydrogen (secondary N) is 2. The number of halogens is 1. The molecule has 92 valence electrons. The number of pyridine rings is 1. The summed E-state index contributed by atoms with van der Waals surface area (Å²) in [4.78, 5) is 25.7. The number of carboxylic acids is 1. The second-order valence-electron chi connectivity index (χ2n) is 3.31. The van der Waals surface area contributed by atoms with Crippen molar-refractivity contribution in [3.05, 3.63) is 22.4 Å². The molecular formula is C10H12BrN3O3. The van der Waals surface area contributed by atoms with Crippen LogP contribution < -0.4 is 10.6 Å². The van der Waals surface area contributed by atoms with E-state index in [1.54, 1.807) is 19.2 Å². The van der Waals surface area contributed by atoms with Crippen molar-refractivity contribution >= 4 is 33.6 Å². The maximum Gasteiger partial charge on any atom is 0.319 e. The Bertz CT molecular complexity index is 437. The van der Waals surface area contributed by atoms with Crippen molar-refractivity contribution in [3.8, 4) is 0 Å². The van der Waals surface area contributed by atoms with Crippen LogP contribution in [0, 0.1) is 6.92 Å². The summed E-state index contributed by atoms with van der Waals surface area (Å²) in [5, 5.41) is 13.4. The molecule has 0 atom stereocenters. The zero-order chi connectivity index (χ0) is 12.8. The van der Waals surface area contributed by atoms with E-state index in [1.807, 2.05) is 0 Å². The lowest BCUT2D eigenvalue weighted by atomic mass is 10.3. The number of aryl methyl sites for hydroxylation is 1. The summed E-state index contributed by atoms with van der Waals surface area (Å²) in [6.07, 6.45) is 1.52. The van der Waals surface area contributed by atoms with E-state index in [-0.39, 0.29) is 13.0 Å². The number of hydrogen-bond donors (Lipinski definition) is 3. The van der Waals surface area contributed by atoms with Crippen molar-refractivity contribution in [2.75, 3.05) is 11.9 Å². The molecule has 1 aromatic heterocycles. The average Bonchev–Trinajstić information content (AvgIpc) is 2.23. The van der Waals surface area contributed by atoms with E-state index < -0.39 is 12.0 Å². The molecule has 17 heavy (non-hydrogen) atoms. The molecule has 0 saturated carbocycles. The van der Waals surface area contributed by atoms with Crippen LogP contribution in [-0.2, 0) is 4.79 Å². The lowest BCUT2D eigenvalue weighted by Gasteiger charge is -2.08. The molecule has 0 fully saturated rings. The molecule has 0 bridgehead atoms. The first-order chi connectivity index (χ1) is 7.99. The number of aromatic nitrogens is 1. The van der Waals surface area contributed by atoms with E-state index >= 15 is 0 Å². The number of hydrogen-bond acceptors (Lipinski definition) is 3. The number of aliphatic carboxylic acids is 1. The Morgan fingerprint density at radius 1 is 1.53 bits per heavy atom. The first-order valence-corrected chi connectivity index (χ1v) is 5.67. The van der Waals surface area contributed by atoms with E-state index in [0.29, 0.717) is 11.4 Å². The Labute approximate surface area is 107 Å². The number of carboxylic acid groups (broad SMARTS) is 1. The molecule has 0 saturated heterocycles. The minimum Gasteiger partial charge on any atom is -0.481 e. The highest BCUT2D eigenvalue weighted by molar-refractivity contribution is 9.10. The van der Waals surface area contributed by atoms with Crippen molar-refractivity contribution < 1.29 is 14.7 Å². The lowest BCUT2D eigenvalue weighted by molar-refractivity contribution is -0.136. The first kappa shape index (κ1) is 13.4. The summed E-state index contributed by atoms with van der Waals surface area (Å²) >= 11 is 3.25. The fourth-order valence-electron chi connectivity index (χ4n) is 1.08. The summed E-state index contributed by atoms with van der Waals surface area (Å²) in [6.45, 7) is 1.85. The van der Waals surface area contributed by atoms with Gasteiger partial charge >= 0.3 is 12.0 Å². The summed E-state index contributed by atoms with van der Waals surface area (Å²) in [6, 6.07) is 1.27. The molecule has 1 aromatic rings. The van der Waals surface area contributed by atoms with Gasteiger partial charge in [0.15, 0.2) is 0 Å². The quantitative estimate of drug-likeness (QED) is 0.790. The second kappa shape index (κ2) is 6.19. The molecular weight excluding hydrogens is 290 g/mol. The standard InChI is InChI=1S/C10H12BrN3O3/c1-6-8(4-7(11)5-13-6)14-10(17)12-3-2-9(15)16/h4-5H,2-3H2,1H3,(H,15,16)(H2,12,14,17). The predicted octanol–water partition coefficient (Wildman–Crippen LogP) is 1.75. The summed E-state index contributed by atoms with van der Waals surface area (Å²) in [5.41, 5.74) is 1.26. The molecule has 2 amide bonds. The highest BCUT2D eigenvalue weighted by Crippen LogP contribution is 2.17. The van der Waals surface area contributed by atoms with Crippen LogP contribution in [0.4, 0.5) is 10.5 Å². The van der Waals surface area contributed by atoms with Gasteiger partial charge in [-0.05, 0) is 28.9 Å². The zero-order valence-corrected chi connectivity index (χ0v) is 10.7. The number of carbonyl (C=O) groups excluding carboxylic acids is 1. The third kappa shape index (κ3) is 4.81. The van der Waals surface area contributed by atoms with Crippen LogP contribution in [0.1, 0.15) is 12.1 Å². The maximum absolute atomic E-state index is 11.4. The molecule has 6 nitrogen and oxygen atoms in total. The smallest absolute Gasteiger partial charge is 0.319 e. The monoisotopic (exact) mass is 301 g/mol. The van der Waals surface area contributed by atoms with Gasteiger partial charge in [0.25, 0.3) is 0 Å². The Morgan fingerprint density at radius 2 is 2.24 bits per heavy atom. The fourth-order valence-corrected chi connectivity index (χ4v) is 1.41. The Kier molecular flexibility index (Phi) is 4.89. The molecule has 0 unspecified atom stereocenters. The van der Waals surface area contributed by atoms with E-state index in [0.717, 1.165) is 4.47 Å². The number of nitrogens with zero attached hydrogens (tertiary/aromatic N) is 1. The first-order valence-electron chi connectivity index (χ1n) is 4.88. The van der Waals surface area contributed by atoms with Gasteiger partial charge in [-0.3, -0.25) is 9.78 Å². The van der Waals surface area contributed by atoms with Crippen LogP contribution in [-0.4, -0.2) is 28.6 Å². The highest BCUT2D eigenvalue weighted by atomic mass is 79.9. The average molecular weight is 302 g/mol. The highest BCUT2D eigenvalue weighted by Gasteiger charge is 2.06. The van der Waals surface area contributed by atoms with Crippen molar-refractivity contribution in [3.63, 3.8) is 0 Å². The normalized spacial score (nSPS) is 9.76. The number of amides is 2. The number of carbonyl (C=O) groups is 2. The molecule has 0 spiro atoms. The van der Waals surface area contributed by atoms with Gasteiger partial charge in [0, 0.05) is 17.2 Å².